The highest BCUT2D eigenvalue weighted by atomic mass is 16.5. The monoisotopic (exact) mass is 328 g/mol. The molecule has 1 saturated carbocycles. The number of amides is 1. The number of hydrogen-bond donors (Lipinski definition) is 1. The van der Waals surface area contributed by atoms with Crippen molar-refractivity contribution in [1.82, 2.24) is 20.4 Å². The van der Waals surface area contributed by atoms with Crippen molar-refractivity contribution in [2.45, 2.75) is 44.7 Å². The molecule has 24 heavy (non-hydrogen) atoms. The number of carbonyl (C=O) groups is 1. The third kappa shape index (κ3) is 3.82. The van der Waals surface area contributed by atoms with Gasteiger partial charge >= 0.3 is 0 Å². The number of benzene rings is 1. The molecule has 3 rings (SSSR count). The van der Waals surface area contributed by atoms with Gasteiger partial charge in [0.2, 0.25) is 11.8 Å². The number of nitrogens with one attached hydrogen (secondary N) is 1. The zero-order valence-electron chi connectivity index (χ0n) is 14.3. The molecule has 0 atom stereocenters. The molecule has 1 aliphatic rings. The highest BCUT2D eigenvalue weighted by molar-refractivity contribution is 5.79. The molecule has 0 saturated heterocycles. The third-order valence-corrected chi connectivity index (χ3v) is 4.50. The van der Waals surface area contributed by atoms with Gasteiger partial charge in [-0.05, 0) is 25.5 Å². The van der Waals surface area contributed by atoms with E-state index in [0.717, 1.165) is 32.2 Å². The summed E-state index contributed by atoms with van der Waals surface area (Å²) in [6.45, 7) is 2.85. The first-order valence-corrected chi connectivity index (χ1v) is 8.42. The van der Waals surface area contributed by atoms with Crippen LogP contribution in [0.2, 0.25) is 0 Å². The van der Waals surface area contributed by atoms with Gasteiger partial charge in [-0.1, -0.05) is 48.3 Å². The van der Waals surface area contributed by atoms with Crippen LogP contribution in [0.1, 0.15) is 43.0 Å². The lowest BCUT2D eigenvalue weighted by molar-refractivity contribution is -0.124. The second kappa shape index (κ2) is 7.13. The van der Waals surface area contributed by atoms with Crippen molar-refractivity contribution in [2.75, 3.05) is 13.6 Å². The summed E-state index contributed by atoms with van der Waals surface area (Å²) in [6.07, 6.45) is 3.85. The van der Waals surface area contributed by atoms with E-state index in [4.69, 9.17) is 4.52 Å². The first-order valence-electron chi connectivity index (χ1n) is 8.42. The van der Waals surface area contributed by atoms with Gasteiger partial charge in [0.15, 0.2) is 5.82 Å². The lowest BCUT2D eigenvalue weighted by Crippen LogP contribution is -2.48. The molecule has 0 unspecified atom stereocenters. The van der Waals surface area contributed by atoms with Gasteiger partial charge in [0, 0.05) is 13.5 Å². The molecule has 128 valence electrons. The van der Waals surface area contributed by atoms with Crippen molar-refractivity contribution >= 4 is 5.91 Å². The Morgan fingerprint density at radius 3 is 2.62 bits per heavy atom. The predicted molar refractivity (Wildman–Crippen MR) is 90.1 cm³/mol. The topological polar surface area (TPSA) is 71.3 Å². The number of hydrogen-bond acceptors (Lipinski definition) is 5. The molecular weight excluding hydrogens is 304 g/mol. The van der Waals surface area contributed by atoms with E-state index in [9.17, 15) is 4.79 Å². The van der Waals surface area contributed by atoms with Gasteiger partial charge in [0.05, 0.1) is 6.54 Å². The Labute approximate surface area is 142 Å². The van der Waals surface area contributed by atoms with Crippen LogP contribution in [-0.4, -0.2) is 34.5 Å². The summed E-state index contributed by atoms with van der Waals surface area (Å²) in [5.74, 6) is 1.14. The number of rotatable bonds is 6. The fourth-order valence-corrected chi connectivity index (χ4v) is 3.38. The normalized spacial score (nSPS) is 16.5. The standard InChI is InChI=1S/C18H24N4O2/c1-14-19-17(21-24-14)18(10-6-7-11-18)20-16(23)13-22(2)12-15-8-4-3-5-9-15/h3-5,8-9H,6-7,10-13H2,1-2H3,(H,20,23). The van der Waals surface area contributed by atoms with Crippen molar-refractivity contribution in [3.8, 4) is 0 Å². The van der Waals surface area contributed by atoms with Gasteiger partial charge in [-0.15, -0.1) is 0 Å². The zero-order chi connectivity index (χ0) is 17.0. The molecule has 1 aromatic heterocycles. The summed E-state index contributed by atoms with van der Waals surface area (Å²) in [5, 5.41) is 7.23. The minimum Gasteiger partial charge on any atom is -0.342 e. The van der Waals surface area contributed by atoms with Gasteiger partial charge in [-0.3, -0.25) is 9.69 Å². The minimum absolute atomic E-state index is 0.00205. The predicted octanol–water partition coefficient (Wildman–Crippen LogP) is 2.40. The first kappa shape index (κ1) is 16.6. The Balaban J connectivity index is 1.62. The molecule has 2 aromatic rings. The van der Waals surface area contributed by atoms with Crippen molar-refractivity contribution in [2.24, 2.45) is 0 Å². The maximum Gasteiger partial charge on any atom is 0.234 e. The molecule has 0 radical (unpaired) electrons. The molecule has 1 amide bonds. The summed E-state index contributed by atoms with van der Waals surface area (Å²) in [6, 6.07) is 10.1. The number of aromatic nitrogens is 2. The Hall–Kier alpha value is -2.21. The minimum atomic E-state index is -0.470. The Morgan fingerprint density at radius 2 is 2.00 bits per heavy atom. The molecule has 1 aromatic carbocycles. The van der Waals surface area contributed by atoms with Crippen LogP contribution in [0.15, 0.2) is 34.9 Å². The van der Waals surface area contributed by atoms with E-state index in [1.807, 2.05) is 30.1 Å². The van der Waals surface area contributed by atoms with E-state index in [1.54, 1.807) is 6.92 Å². The van der Waals surface area contributed by atoms with Crippen molar-refractivity contribution in [1.29, 1.82) is 0 Å². The largest absolute Gasteiger partial charge is 0.342 e. The molecule has 0 bridgehead atoms. The molecule has 0 spiro atoms. The fourth-order valence-electron chi connectivity index (χ4n) is 3.38. The van der Waals surface area contributed by atoms with Crippen LogP contribution in [0, 0.1) is 6.92 Å². The van der Waals surface area contributed by atoms with Crippen LogP contribution >= 0.6 is 0 Å². The molecule has 1 N–H and O–H groups in total. The molecule has 1 fully saturated rings. The second-order valence-electron chi connectivity index (χ2n) is 6.63. The number of nitrogens with zero attached hydrogens (tertiary/aromatic N) is 3. The van der Waals surface area contributed by atoms with E-state index < -0.39 is 5.54 Å². The Bertz CT molecular complexity index is 677. The first-order chi connectivity index (χ1) is 11.6. The summed E-state index contributed by atoms with van der Waals surface area (Å²) in [7, 11) is 1.95. The van der Waals surface area contributed by atoms with Gasteiger partial charge in [0.1, 0.15) is 5.54 Å². The summed E-state index contributed by atoms with van der Waals surface area (Å²) < 4.78 is 5.12. The van der Waals surface area contributed by atoms with E-state index in [0.29, 0.717) is 18.3 Å². The van der Waals surface area contributed by atoms with Crippen molar-refractivity contribution in [3.05, 3.63) is 47.6 Å². The van der Waals surface area contributed by atoms with E-state index >= 15 is 0 Å². The lowest BCUT2D eigenvalue weighted by Gasteiger charge is -2.28. The maximum absolute atomic E-state index is 12.5. The van der Waals surface area contributed by atoms with Gasteiger partial charge in [0.25, 0.3) is 0 Å². The maximum atomic E-state index is 12.5. The van der Waals surface area contributed by atoms with Gasteiger partial charge in [-0.25, -0.2) is 0 Å². The highest BCUT2D eigenvalue weighted by Gasteiger charge is 2.41. The summed E-state index contributed by atoms with van der Waals surface area (Å²) in [5.41, 5.74) is 0.722. The van der Waals surface area contributed by atoms with Crippen LogP contribution in [0.4, 0.5) is 0 Å². The van der Waals surface area contributed by atoms with E-state index in [2.05, 4.69) is 27.6 Å². The molecule has 1 aliphatic carbocycles. The van der Waals surface area contributed by atoms with Crippen molar-refractivity contribution in [3.63, 3.8) is 0 Å². The zero-order valence-corrected chi connectivity index (χ0v) is 14.3. The quantitative estimate of drug-likeness (QED) is 0.881. The van der Waals surface area contributed by atoms with Crippen LogP contribution in [0.25, 0.3) is 0 Å². The lowest BCUT2D eigenvalue weighted by atomic mass is 9.96. The van der Waals surface area contributed by atoms with Crippen LogP contribution < -0.4 is 5.32 Å². The Kier molecular flexibility index (Phi) is 4.94. The molecular formula is C18H24N4O2. The van der Waals surface area contributed by atoms with Gasteiger partial charge in [-0.2, -0.15) is 4.98 Å². The smallest absolute Gasteiger partial charge is 0.234 e. The van der Waals surface area contributed by atoms with Crippen LogP contribution in [-0.2, 0) is 16.9 Å². The number of likely N-dealkylation sites (N-methyl/N-ethyl adjacent to an activating group) is 1. The molecule has 6 heteroatoms. The molecule has 6 nitrogen and oxygen atoms in total. The fraction of sp³-hybridized carbons (Fsp3) is 0.500. The SMILES string of the molecule is Cc1nc(C2(NC(=O)CN(C)Cc3ccccc3)CCCC2)no1. The number of carbonyl (C=O) groups excluding carboxylic acids is 1. The third-order valence-electron chi connectivity index (χ3n) is 4.50. The average Bonchev–Trinajstić information content (AvgIpc) is 3.18. The second-order valence-corrected chi connectivity index (χ2v) is 6.63. The highest BCUT2D eigenvalue weighted by Crippen LogP contribution is 2.37. The van der Waals surface area contributed by atoms with Crippen LogP contribution in [0.3, 0.4) is 0 Å². The molecule has 1 heterocycles. The summed E-state index contributed by atoms with van der Waals surface area (Å²) >= 11 is 0. The van der Waals surface area contributed by atoms with Crippen LogP contribution in [0.5, 0.6) is 0 Å². The Morgan fingerprint density at radius 1 is 1.29 bits per heavy atom. The average molecular weight is 328 g/mol. The van der Waals surface area contributed by atoms with E-state index in [-0.39, 0.29) is 5.91 Å². The van der Waals surface area contributed by atoms with E-state index in [1.165, 1.54) is 5.56 Å². The molecule has 0 aliphatic heterocycles. The van der Waals surface area contributed by atoms with Gasteiger partial charge < -0.3 is 9.84 Å². The number of aryl methyl sites for hydroxylation is 1. The van der Waals surface area contributed by atoms with Crippen molar-refractivity contribution < 1.29 is 9.32 Å². The summed E-state index contributed by atoms with van der Waals surface area (Å²) in [4.78, 5) is 18.9.